The van der Waals surface area contributed by atoms with Gasteiger partial charge in [-0.15, -0.1) is 5.10 Å². The topological polar surface area (TPSA) is 59.9 Å². The first kappa shape index (κ1) is 10.9. The molecule has 0 amide bonds. The summed E-state index contributed by atoms with van der Waals surface area (Å²) in [4.78, 5) is 11.4. The van der Waals surface area contributed by atoms with Gasteiger partial charge < -0.3 is 4.74 Å². The minimum absolute atomic E-state index is 0.234. The second-order valence-electron chi connectivity index (χ2n) is 3.23. The van der Waals surface area contributed by atoms with Crippen molar-refractivity contribution in [2.45, 2.75) is 6.54 Å². The van der Waals surface area contributed by atoms with Crippen LogP contribution in [0.5, 0.6) is 5.75 Å². The first-order valence-electron chi connectivity index (χ1n) is 4.64. The Labute approximate surface area is 100 Å². The van der Waals surface area contributed by atoms with Crippen molar-refractivity contribution < 1.29 is 4.74 Å². The summed E-state index contributed by atoms with van der Waals surface area (Å²) in [6, 6.07) is 7.53. The number of ether oxygens (including phenoxy) is 1. The minimum atomic E-state index is -0.234. The van der Waals surface area contributed by atoms with Gasteiger partial charge in [-0.05, 0) is 33.6 Å². The van der Waals surface area contributed by atoms with Gasteiger partial charge in [-0.3, -0.25) is 4.57 Å². The molecule has 84 valence electrons. The summed E-state index contributed by atoms with van der Waals surface area (Å²) in [6.45, 7) is 0.472. The molecule has 0 atom stereocenters. The highest BCUT2D eigenvalue weighted by molar-refractivity contribution is 9.10. The van der Waals surface area contributed by atoms with Gasteiger partial charge in [0.15, 0.2) is 0 Å². The SMILES string of the molecule is COc1ccc(Cn2c(Br)n[nH]c2=O)cc1. The molecule has 2 rings (SSSR count). The van der Waals surface area contributed by atoms with Gasteiger partial charge in [-0.2, -0.15) is 0 Å². The van der Waals surface area contributed by atoms with Crippen LogP contribution in [0.1, 0.15) is 5.56 Å². The first-order valence-corrected chi connectivity index (χ1v) is 5.43. The zero-order chi connectivity index (χ0) is 11.5. The van der Waals surface area contributed by atoms with Crippen molar-refractivity contribution in [3.63, 3.8) is 0 Å². The third-order valence-electron chi connectivity index (χ3n) is 2.21. The molecule has 0 spiro atoms. The standard InChI is InChI=1S/C10H10BrN3O2/c1-16-8-4-2-7(3-5-8)6-14-9(11)12-13-10(14)15/h2-5H,6H2,1H3,(H,13,15). The molecule has 0 radical (unpaired) electrons. The number of H-pyrrole nitrogens is 1. The quantitative estimate of drug-likeness (QED) is 0.926. The Bertz CT molecular complexity index is 530. The number of hydrogen-bond acceptors (Lipinski definition) is 3. The lowest BCUT2D eigenvalue weighted by Gasteiger charge is -2.04. The zero-order valence-corrected chi connectivity index (χ0v) is 10.2. The van der Waals surface area contributed by atoms with E-state index in [-0.39, 0.29) is 5.69 Å². The number of hydrogen-bond donors (Lipinski definition) is 1. The molecule has 0 saturated carbocycles. The molecule has 0 aliphatic heterocycles. The maximum Gasteiger partial charge on any atom is 0.344 e. The van der Waals surface area contributed by atoms with E-state index in [1.807, 2.05) is 24.3 Å². The van der Waals surface area contributed by atoms with Crippen LogP contribution < -0.4 is 10.4 Å². The molecule has 2 aromatic rings. The van der Waals surface area contributed by atoms with Crippen LogP contribution in [0.3, 0.4) is 0 Å². The molecule has 6 heteroatoms. The average Bonchev–Trinajstić information content (AvgIpc) is 2.62. The van der Waals surface area contributed by atoms with Crippen molar-refractivity contribution in [3.05, 3.63) is 45.0 Å². The van der Waals surface area contributed by atoms with Gasteiger partial charge >= 0.3 is 5.69 Å². The zero-order valence-electron chi connectivity index (χ0n) is 8.61. The first-order chi connectivity index (χ1) is 7.70. The molecule has 0 fully saturated rings. The van der Waals surface area contributed by atoms with Crippen molar-refractivity contribution in [2.75, 3.05) is 7.11 Å². The number of nitrogens with one attached hydrogen (secondary N) is 1. The van der Waals surface area contributed by atoms with Gasteiger partial charge in [0.2, 0.25) is 4.73 Å². The molecule has 0 aliphatic carbocycles. The molecule has 1 aromatic heterocycles. The minimum Gasteiger partial charge on any atom is -0.497 e. The van der Waals surface area contributed by atoms with Crippen molar-refractivity contribution in [2.24, 2.45) is 0 Å². The fourth-order valence-corrected chi connectivity index (χ4v) is 1.72. The van der Waals surface area contributed by atoms with Crippen LogP contribution in [0, 0.1) is 0 Å². The van der Waals surface area contributed by atoms with Crippen LogP contribution in [0.2, 0.25) is 0 Å². The largest absolute Gasteiger partial charge is 0.497 e. The molecule has 0 saturated heterocycles. The summed E-state index contributed by atoms with van der Waals surface area (Å²) in [5.74, 6) is 0.794. The smallest absolute Gasteiger partial charge is 0.344 e. The molecule has 1 aromatic carbocycles. The van der Waals surface area contributed by atoms with Gasteiger partial charge in [0.1, 0.15) is 5.75 Å². The van der Waals surface area contributed by atoms with E-state index in [4.69, 9.17) is 4.74 Å². The fraction of sp³-hybridized carbons (Fsp3) is 0.200. The van der Waals surface area contributed by atoms with E-state index in [2.05, 4.69) is 26.1 Å². The molecule has 5 nitrogen and oxygen atoms in total. The summed E-state index contributed by atoms with van der Waals surface area (Å²) in [7, 11) is 1.62. The van der Waals surface area contributed by atoms with Gasteiger partial charge in [0, 0.05) is 0 Å². The van der Waals surface area contributed by atoms with Crippen LogP contribution in [0.15, 0.2) is 33.8 Å². The lowest BCUT2D eigenvalue weighted by atomic mass is 10.2. The molecular weight excluding hydrogens is 274 g/mol. The predicted molar refractivity (Wildman–Crippen MR) is 62.6 cm³/mol. The molecule has 0 bridgehead atoms. The van der Waals surface area contributed by atoms with Crippen molar-refractivity contribution >= 4 is 15.9 Å². The number of benzene rings is 1. The summed E-state index contributed by atoms with van der Waals surface area (Å²) in [5, 5.41) is 6.13. The van der Waals surface area contributed by atoms with Crippen LogP contribution in [-0.2, 0) is 6.54 Å². The Morgan fingerprint density at radius 3 is 2.62 bits per heavy atom. The van der Waals surface area contributed by atoms with E-state index in [0.717, 1.165) is 11.3 Å². The van der Waals surface area contributed by atoms with E-state index >= 15 is 0 Å². The van der Waals surface area contributed by atoms with Crippen molar-refractivity contribution in [1.82, 2.24) is 14.8 Å². The number of aromatic nitrogens is 3. The van der Waals surface area contributed by atoms with E-state index in [1.165, 1.54) is 4.57 Å². The second-order valence-corrected chi connectivity index (χ2v) is 3.94. The van der Waals surface area contributed by atoms with Crippen LogP contribution in [0.25, 0.3) is 0 Å². The van der Waals surface area contributed by atoms with Crippen LogP contribution in [-0.4, -0.2) is 21.9 Å². The Hall–Kier alpha value is -1.56. The Morgan fingerprint density at radius 2 is 2.12 bits per heavy atom. The van der Waals surface area contributed by atoms with E-state index < -0.39 is 0 Å². The third kappa shape index (κ3) is 2.16. The average molecular weight is 284 g/mol. The van der Waals surface area contributed by atoms with E-state index in [0.29, 0.717) is 11.3 Å². The number of halogens is 1. The maximum absolute atomic E-state index is 11.4. The molecule has 0 unspecified atom stereocenters. The third-order valence-corrected chi connectivity index (χ3v) is 2.82. The van der Waals surface area contributed by atoms with Gasteiger partial charge in [0.05, 0.1) is 13.7 Å². The lowest BCUT2D eigenvalue weighted by molar-refractivity contribution is 0.414. The highest BCUT2D eigenvalue weighted by atomic mass is 79.9. The normalized spacial score (nSPS) is 10.4. The predicted octanol–water partition coefficient (Wildman–Crippen LogP) is 1.39. The fourth-order valence-electron chi connectivity index (χ4n) is 1.35. The van der Waals surface area contributed by atoms with Crippen LogP contribution in [0.4, 0.5) is 0 Å². The molecule has 16 heavy (non-hydrogen) atoms. The van der Waals surface area contributed by atoms with Crippen LogP contribution >= 0.6 is 15.9 Å². The number of rotatable bonds is 3. The Kier molecular flexibility index (Phi) is 3.09. The second kappa shape index (κ2) is 4.52. The van der Waals surface area contributed by atoms with E-state index in [9.17, 15) is 4.79 Å². The molecular formula is C10H10BrN3O2. The maximum atomic E-state index is 11.4. The highest BCUT2D eigenvalue weighted by Crippen LogP contribution is 2.13. The Balaban J connectivity index is 2.24. The van der Waals surface area contributed by atoms with E-state index in [1.54, 1.807) is 7.11 Å². The summed E-state index contributed by atoms with van der Waals surface area (Å²) < 4.78 is 7.05. The Morgan fingerprint density at radius 1 is 1.44 bits per heavy atom. The monoisotopic (exact) mass is 283 g/mol. The van der Waals surface area contributed by atoms with Crippen molar-refractivity contribution in [1.29, 1.82) is 0 Å². The summed E-state index contributed by atoms with van der Waals surface area (Å²) in [5.41, 5.74) is 0.771. The molecule has 1 heterocycles. The highest BCUT2D eigenvalue weighted by Gasteiger charge is 2.05. The summed E-state index contributed by atoms with van der Waals surface area (Å²) >= 11 is 3.20. The number of methoxy groups -OCH3 is 1. The molecule has 0 aliphatic rings. The number of aromatic amines is 1. The van der Waals surface area contributed by atoms with Gasteiger partial charge in [0.25, 0.3) is 0 Å². The summed E-state index contributed by atoms with van der Waals surface area (Å²) in [6.07, 6.45) is 0. The van der Waals surface area contributed by atoms with Gasteiger partial charge in [-0.1, -0.05) is 12.1 Å². The van der Waals surface area contributed by atoms with Crippen molar-refractivity contribution in [3.8, 4) is 5.75 Å². The van der Waals surface area contributed by atoms with Gasteiger partial charge in [-0.25, -0.2) is 9.89 Å². The number of nitrogens with zero attached hydrogens (tertiary/aromatic N) is 2. The lowest BCUT2D eigenvalue weighted by Crippen LogP contribution is -2.17. The molecule has 1 N–H and O–H groups in total.